The number of cyclic esters (lactones) is 1. The molecule has 1 aromatic rings. The van der Waals surface area contributed by atoms with Crippen LogP contribution in [0.15, 0.2) is 54.6 Å². The van der Waals surface area contributed by atoms with Crippen LogP contribution in [0.1, 0.15) is 25.3 Å². The molecule has 3 unspecified atom stereocenters. The molecule has 8 heteroatoms. The van der Waals surface area contributed by atoms with Gasteiger partial charge in [0.15, 0.2) is 0 Å². The van der Waals surface area contributed by atoms with Gasteiger partial charge >= 0.3 is 5.97 Å². The first-order valence-electron chi connectivity index (χ1n) is 11.9. The van der Waals surface area contributed by atoms with Gasteiger partial charge in [0.25, 0.3) is 0 Å². The maximum Gasteiger partial charge on any atom is 0.312 e. The van der Waals surface area contributed by atoms with Crippen LogP contribution < -0.4 is 0 Å². The molecule has 0 radical (unpaired) electrons. The third kappa shape index (κ3) is 3.56. The van der Waals surface area contributed by atoms with Gasteiger partial charge in [-0.2, -0.15) is 0 Å². The molecule has 1 spiro atoms. The fraction of sp³-hybridized carbons (Fsp3) is 0.500. The van der Waals surface area contributed by atoms with E-state index in [1.807, 2.05) is 48.6 Å². The van der Waals surface area contributed by atoms with E-state index in [-0.39, 0.29) is 25.0 Å². The molecule has 2 amide bonds. The van der Waals surface area contributed by atoms with Gasteiger partial charge in [-0.15, -0.1) is 0 Å². The van der Waals surface area contributed by atoms with Crippen molar-refractivity contribution in [3.63, 3.8) is 0 Å². The van der Waals surface area contributed by atoms with Gasteiger partial charge in [-0.25, -0.2) is 0 Å². The Morgan fingerprint density at radius 1 is 1.15 bits per heavy atom. The van der Waals surface area contributed by atoms with Crippen molar-refractivity contribution in [2.75, 3.05) is 19.8 Å². The number of hydrogen-bond acceptors (Lipinski definition) is 6. The number of esters is 1. The average Bonchev–Trinajstić information content (AvgIpc) is 3.26. The molecule has 1 N–H and O–H groups in total. The molecule has 0 aliphatic carbocycles. The highest BCUT2D eigenvalue weighted by atomic mass is 16.6. The van der Waals surface area contributed by atoms with Crippen LogP contribution in [0.5, 0.6) is 0 Å². The van der Waals surface area contributed by atoms with Crippen LogP contribution in [-0.4, -0.2) is 76.2 Å². The monoisotopic (exact) mass is 466 g/mol. The third-order valence-corrected chi connectivity index (χ3v) is 7.33. The summed E-state index contributed by atoms with van der Waals surface area (Å²) in [6.45, 7) is 2.41. The molecule has 2 saturated heterocycles. The van der Waals surface area contributed by atoms with Crippen molar-refractivity contribution >= 4 is 17.8 Å². The maximum atomic E-state index is 14.0. The molecule has 4 aliphatic heterocycles. The van der Waals surface area contributed by atoms with E-state index < -0.39 is 41.6 Å². The number of aliphatic hydroxyl groups excluding tert-OH is 1. The summed E-state index contributed by atoms with van der Waals surface area (Å²) in [5.74, 6) is -2.84. The Labute approximate surface area is 198 Å². The number of allylic oxidation sites excluding steroid dienone is 1. The van der Waals surface area contributed by atoms with Crippen molar-refractivity contribution in [3.8, 4) is 0 Å². The van der Waals surface area contributed by atoms with E-state index in [1.54, 1.807) is 17.9 Å². The first kappa shape index (κ1) is 22.8. The SMILES string of the molecule is CC(CO)N1C(=O)[C@@H]2C3C(=O)OCCC/C=C\[C@H]3OC23C=CCN(Cc2ccccc2)C(=O)[C@@H]13. The Bertz CT molecular complexity index is 1020. The smallest absolute Gasteiger partial charge is 0.312 e. The van der Waals surface area contributed by atoms with Gasteiger partial charge in [-0.05, 0) is 25.3 Å². The summed E-state index contributed by atoms with van der Waals surface area (Å²) in [4.78, 5) is 44.1. The molecular weight excluding hydrogens is 436 g/mol. The zero-order valence-corrected chi connectivity index (χ0v) is 19.2. The van der Waals surface area contributed by atoms with Crippen molar-refractivity contribution in [2.45, 2.75) is 50.1 Å². The van der Waals surface area contributed by atoms with E-state index in [9.17, 15) is 19.5 Å². The van der Waals surface area contributed by atoms with Crippen LogP contribution in [0, 0.1) is 11.8 Å². The minimum Gasteiger partial charge on any atom is -0.465 e. The predicted octanol–water partition coefficient (Wildman–Crippen LogP) is 1.44. The number of rotatable bonds is 4. The second kappa shape index (κ2) is 9.00. The van der Waals surface area contributed by atoms with Crippen LogP contribution in [-0.2, 0) is 30.4 Å². The highest BCUT2D eigenvalue weighted by molar-refractivity contribution is 5.99. The Morgan fingerprint density at radius 3 is 2.71 bits per heavy atom. The topological polar surface area (TPSA) is 96.4 Å². The lowest BCUT2D eigenvalue weighted by Crippen LogP contribution is -2.57. The quantitative estimate of drug-likeness (QED) is 0.533. The zero-order chi connectivity index (χ0) is 23.9. The van der Waals surface area contributed by atoms with Gasteiger partial charge in [0.05, 0.1) is 31.3 Å². The second-order valence-corrected chi connectivity index (χ2v) is 9.46. The third-order valence-electron chi connectivity index (χ3n) is 7.33. The molecule has 6 atom stereocenters. The molecule has 1 aromatic carbocycles. The Balaban J connectivity index is 1.58. The van der Waals surface area contributed by atoms with Gasteiger partial charge in [0.1, 0.15) is 17.6 Å². The molecule has 0 aromatic heterocycles. The number of carbonyl (C=O) groups is 3. The number of likely N-dealkylation sites (tertiary alicyclic amines) is 1. The number of ether oxygens (including phenoxy) is 2. The van der Waals surface area contributed by atoms with Gasteiger partial charge in [0, 0.05) is 13.1 Å². The number of hydrogen-bond donors (Lipinski definition) is 1. The summed E-state index contributed by atoms with van der Waals surface area (Å²) in [6, 6.07) is 8.06. The number of aliphatic hydroxyl groups is 1. The van der Waals surface area contributed by atoms with Crippen LogP contribution >= 0.6 is 0 Å². The van der Waals surface area contributed by atoms with Crippen LogP contribution in [0.25, 0.3) is 0 Å². The maximum absolute atomic E-state index is 14.0. The standard InChI is InChI=1S/C26H30N2O6/c1-17(16-29)28-22-24(31)27(15-18-9-4-2-5-10-18)13-8-12-26(22)21(23(28)30)20-19(34-26)11-6-3-7-14-33-25(20)32/h2,4-6,8-12,17,19-22,29H,3,7,13-16H2,1H3/b11-6-/t17?,19-,20?,21+,22-,26?/m1/s1. The molecule has 5 rings (SSSR count). The zero-order valence-electron chi connectivity index (χ0n) is 19.2. The summed E-state index contributed by atoms with van der Waals surface area (Å²) in [6.07, 6.45) is 8.22. The Hall–Kier alpha value is -2.97. The predicted molar refractivity (Wildman–Crippen MR) is 122 cm³/mol. The van der Waals surface area contributed by atoms with Gasteiger partial charge in [-0.3, -0.25) is 14.4 Å². The average molecular weight is 467 g/mol. The Morgan fingerprint density at radius 2 is 1.94 bits per heavy atom. The summed E-state index contributed by atoms with van der Waals surface area (Å²) in [5.41, 5.74) is -0.333. The molecule has 4 heterocycles. The normalized spacial score (nSPS) is 34.8. The van der Waals surface area contributed by atoms with Gasteiger partial charge < -0.3 is 24.4 Å². The molecule has 2 fully saturated rings. The molecule has 180 valence electrons. The molecule has 0 saturated carbocycles. The number of carbonyl (C=O) groups excluding carboxylic acids is 3. The fourth-order valence-corrected chi connectivity index (χ4v) is 5.75. The first-order chi connectivity index (χ1) is 16.5. The first-order valence-corrected chi connectivity index (χ1v) is 11.9. The second-order valence-electron chi connectivity index (χ2n) is 9.46. The largest absolute Gasteiger partial charge is 0.465 e. The number of fused-ring (bicyclic) bond motifs is 2. The summed E-state index contributed by atoms with van der Waals surface area (Å²) in [5, 5.41) is 9.95. The lowest BCUT2D eigenvalue weighted by molar-refractivity contribution is -0.156. The number of amides is 2. The van der Waals surface area contributed by atoms with E-state index in [0.29, 0.717) is 19.5 Å². The summed E-state index contributed by atoms with van der Waals surface area (Å²) in [7, 11) is 0. The minimum absolute atomic E-state index is 0.256. The van der Waals surface area contributed by atoms with Crippen molar-refractivity contribution < 1.29 is 29.0 Å². The van der Waals surface area contributed by atoms with E-state index >= 15 is 0 Å². The van der Waals surface area contributed by atoms with E-state index in [2.05, 4.69) is 0 Å². The minimum atomic E-state index is -1.30. The van der Waals surface area contributed by atoms with Crippen molar-refractivity contribution in [2.24, 2.45) is 11.8 Å². The van der Waals surface area contributed by atoms with Crippen LogP contribution in [0.3, 0.4) is 0 Å². The van der Waals surface area contributed by atoms with E-state index in [1.165, 1.54) is 4.90 Å². The lowest BCUT2D eigenvalue weighted by Gasteiger charge is -2.37. The summed E-state index contributed by atoms with van der Waals surface area (Å²) < 4.78 is 12.0. The lowest BCUT2D eigenvalue weighted by atomic mass is 9.78. The van der Waals surface area contributed by atoms with Gasteiger partial charge in [0.2, 0.25) is 11.8 Å². The molecule has 4 aliphatic rings. The highest BCUT2D eigenvalue weighted by Gasteiger charge is 2.72. The summed E-state index contributed by atoms with van der Waals surface area (Å²) >= 11 is 0. The van der Waals surface area contributed by atoms with Crippen LogP contribution in [0.2, 0.25) is 0 Å². The molecule has 8 nitrogen and oxygen atoms in total. The molecular formula is C26H30N2O6. The molecule has 0 bridgehead atoms. The molecule has 34 heavy (non-hydrogen) atoms. The number of benzene rings is 1. The van der Waals surface area contributed by atoms with E-state index in [0.717, 1.165) is 12.0 Å². The van der Waals surface area contributed by atoms with E-state index in [4.69, 9.17) is 9.47 Å². The number of nitrogens with zero attached hydrogens (tertiary/aromatic N) is 2. The Kier molecular flexibility index (Phi) is 6.04. The highest BCUT2D eigenvalue weighted by Crippen LogP contribution is 2.53. The fourth-order valence-electron chi connectivity index (χ4n) is 5.75. The van der Waals surface area contributed by atoms with Crippen molar-refractivity contribution in [1.82, 2.24) is 9.80 Å². The van der Waals surface area contributed by atoms with Crippen molar-refractivity contribution in [3.05, 3.63) is 60.2 Å². The van der Waals surface area contributed by atoms with Crippen molar-refractivity contribution in [1.29, 1.82) is 0 Å². The van der Waals surface area contributed by atoms with Crippen LogP contribution in [0.4, 0.5) is 0 Å². The van der Waals surface area contributed by atoms with Gasteiger partial charge in [-0.1, -0.05) is 54.6 Å².